The van der Waals surface area contributed by atoms with E-state index in [0.717, 1.165) is 12.0 Å². The predicted octanol–water partition coefficient (Wildman–Crippen LogP) is 1.58. The molecule has 3 N–H and O–H groups in total. The second-order valence-electron chi connectivity index (χ2n) is 5.32. The molecule has 0 heterocycles. The van der Waals surface area contributed by atoms with E-state index in [0.29, 0.717) is 19.3 Å². The molecule has 0 fully saturated rings. The number of aliphatic hydroxyl groups excluding tert-OH is 2. The van der Waals surface area contributed by atoms with Gasteiger partial charge in [-0.15, -0.1) is 0 Å². The summed E-state index contributed by atoms with van der Waals surface area (Å²) in [5.41, 5.74) is 0.879. The largest absolute Gasteiger partial charge is 0.508 e. The molecule has 1 aromatic carbocycles. The molecule has 1 aromatic rings. The van der Waals surface area contributed by atoms with Gasteiger partial charge in [0.15, 0.2) is 5.78 Å². The lowest BCUT2D eigenvalue weighted by Gasteiger charge is -2.23. The molecule has 0 saturated carbocycles. The first-order valence-corrected chi connectivity index (χ1v) is 6.91. The molecule has 1 aliphatic rings. The summed E-state index contributed by atoms with van der Waals surface area (Å²) in [6.45, 7) is 0. The van der Waals surface area contributed by atoms with Gasteiger partial charge in [0.05, 0.1) is 6.10 Å². The van der Waals surface area contributed by atoms with Crippen LogP contribution in [0.2, 0.25) is 0 Å². The van der Waals surface area contributed by atoms with Crippen LogP contribution in [-0.2, 0) is 11.2 Å². The summed E-state index contributed by atoms with van der Waals surface area (Å²) in [4.78, 5) is 11.4. The van der Waals surface area contributed by atoms with E-state index >= 15 is 0 Å². The normalized spacial score (nSPS) is 28.7. The summed E-state index contributed by atoms with van der Waals surface area (Å²) in [5, 5.41) is 29.2. The third-order valence-electron chi connectivity index (χ3n) is 3.80. The maximum atomic E-state index is 11.4. The van der Waals surface area contributed by atoms with Gasteiger partial charge in [-0.05, 0) is 49.3 Å². The van der Waals surface area contributed by atoms with Crippen molar-refractivity contribution in [3.05, 3.63) is 42.0 Å². The quantitative estimate of drug-likeness (QED) is 0.783. The Hall–Kier alpha value is -1.65. The van der Waals surface area contributed by atoms with Crippen molar-refractivity contribution in [3.8, 4) is 5.75 Å². The maximum absolute atomic E-state index is 11.4. The average molecular weight is 276 g/mol. The smallest absolute Gasteiger partial charge is 0.186 e. The number of carbonyl (C=O) groups is 1. The Morgan fingerprint density at radius 2 is 1.95 bits per heavy atom. The molecular formula is C16H20O4. The van der Waals surface area contributed by atoms with Crippen LogP contribution in [0.15, 0.2) is 36.4 Å². The number of para-hydroxylation sites is 1. The lowest BCUT2D eigenvalue weighted by molar-refractivity contribution is -0.128. The standard InChI is InChI=1S/C16H20O4/c17-13-6-2-1-5-12(13)9-8-11-4-3-7-14(18)16(20)15(19)10-11/h1-3,5-7,11,15-17,19-20H,4,8-10H2/b7-3-. The minimum atomic E-state index is -1.32. The van der Waals surface area contributed by atoms with Crippen molar-refractivity contribution in [2.45, 2.75) is 37.9 Å². The van der Waals surface area contributed by atoms with Crippen molar-refractivity contribution >= 4 is 5.78 Å². The Morgan fingerprint density at radius 3 is 2.70 bits per heavy atom. The van der Waals surface area contributed by atoms with Crippen LogP contribution in [0.1, 0.15) is 24.8 Å². The number of aryl methyl sites for hydroxylation is 1. The molecule has 0 spiro atoms. The minimum Gasteiger partial charge on any atom is -0.508 e. The SMILES string of the molecule is O=C1/C=C\CC(CCc2ccccc2O)CC(O)C1O. The van der Waals surface area contributed by atoms with E-state index in [1.807, 2.05) is 12.1 Å². The van der Waals surface area contributed by atoms with Crippen LogP contribution in [0.3, 0.4) is 0 Å². The first-order valence-electron chi connectivity index (χ1n) is 6.91. The second-order valence-corrected chi connectivity index (χ2v) is 5.32. The summed E-state index contributed by atoms with van der Waals surface area (Å²) in [6, 6.07) is 7.20. The Bertz CT molecular complexity index is 495. The number of ketones is 1. The number of phenolic OH excluding ortho intramolecular Hbond substituents is 1. The number of hydrogen-bond acceptors (Lipinski definition) is 4. The Balaban J connectivity index is 1.97. The number of hydrogen-bond donors (Lipinski definition) is 3. The van der Waals surface area contributed by atoms with Gasteiger partial charge in [-0.1, -0.05) is 24.3 Å². The number of carbonyl (C=O) groups excluding carboxylic acids is 1. The van der Waals surface area contributed by atoms with E-state index < -0.39 is 18.0 Å². The molecule has 3 unspecified atom stereocenters. The van der Waals surface area contributed by atoms with Crippen molar-refractivity contribution in [3.63, 3.8) is 0 Å². The molecule has 0 aromatic heterocycles. The van der Waals surface area contributed by atoms with Crippen LogP contribution < -0.4 is 0 Å². The minimum absolute atomic E-state index is 0.184. The Kier molecular flexibility index (Phi) is 4.93. The molecule has 0 radical (unpaired) electrons. The summed E-state index contributed by atoms with van der Waals surface area (Å²) in [6.07, 6.45) is 3.36. The second kappa shape index (κ2) is 6.68. The van der Waals surface area contributed by atoms with E-state index in [9.17, 15) is 20.1 Å². The van der Waals surface area contributed by atoms with Crippen molar-refractivity contribution in [1.29, 1.82) is 0 Å². The number of phenols is 1. The van der Waals surface area contributed by atoms with Crippen LogP contribution in [0.25, 0.3) is 0 Å². The number of allylic oxidation sites excluding steroid dienone is 1. The van der Waals surface area contributed by atoms with Gasteiger partial charge in [0.1, 0.15) is 11.9 Å². The monoisotopic (exact) mass is 276 g/mol. The van der Waals surface area contributed by atoms with E-state index in [4.69, 9.17) is 0 Å². The molecule has 20 heavy (non-hydrogen) atoms. The van der Waals surface area contributed by atoms with Crippen molar-refractivity contribution in [2.75, 3.05) is 0 Å². The highest BCUT2D eigenvalue weighted by molar-refractivity contribution is 5.93. The molecule has 0 bridgehead atoms. The summed E-state index contributed by atoms with van der Waals surface area (Å²) >= 11 is 0. The Morgan fingerprint density at radius 1 is 1.20 bits per heavy atom. The van der Waals surface area contributed by atoms with Crippen molar-refractivity contribution in [2.24, 2.45) is 5.92 Å². The zero-order chi connectivity index (χ0) is 14.5. The van der Waals surface area contributed by atoms with Gasteiger partial charge in [-0.25, -0.2) is 0 Å². The highest BCUT2D eigenvalue weighted by atomic mass is 16.3. The van der Waals surface area contributed by atoms with Crippen molar-refractivity contribution < 1.29 is 20.1 Å². The molecule has 0 amide bonds. The van der Waals surface area contributed by atoms with Gasteiger partial charge in [-0.2, -0.15) is 0 Å². The lowest BCUT2D eigenvalue weighted by atomic mass is 9.87. The van der Waals surface area contributed by atoms with Gasteiger partial charge < -0.3 is 15.3 Å². The predicted molar refractivity (Wildman–Crippen MR) is 75.3 cm³/mol. The van der Waals surface area contributed by atoms with Gasteiger partial charge in [0, 0.05) is 0 Å². The summed E-state index contributed by atoms with van der Waals surface area (Å²) in [5.74, 6) is 0.0323. The number of rotatable bonds is 3. The molecule has 4 nitrogen and oxygen atoms in total. The fraction of sp³-hybridized carbons (Fsp3) is 0.438. The highest BCUT2D eigenvalue weighted by Gasteiger charge is 2.26. The number of aliphatic hydroxyl groups is 2. The molecule has 4 heteroatoms. The Labute approximate surface area is 118 Å². The average Bonchev–Trinajstić information content (AvgIpc) is 2.43. The third-order valence-corrected chi connectivity index (χ3v) is 3.80. The van der Waals surface area contributed by atoms with Crippen LogP contribution >= 0.6 is 0 Å². The molecule has 2 rings (SSSR count). The zero-order valence-electron chi connectivity index (χ0n) is 11.3. The summed E-state index contributed by atoms with van der Waals surface area (Å²) < 4.78 is 0. The molecule has 0 saturated heterocycles. The van der Waals surface area contributed by atoms with Gasteiger partial charge in [-0.3, -0.25) is 4.79 Å². The topological polar surface area (TPSA) is 77.8 Å². The first-order chi connectivity index (χ1) is 9.58. The highest BCUT2D eigenvalue weighted by Crippen LogP contribution is 2.25. The van der Waals surface area contributed by atoms with Crippen LogP contribution in [0.5, 0.6) is 5.75 Å². The van der Waals surface area contributed by atoms with Gasteiger partial charge in [0.25, 0.3) is 0 Å². The fourth-order valence-electron chi connectivity index (χ4n) is 2.55. The van der Waals surface area contributed by atoms with Gasteiger partial charge in [0.2, 0.25) is 0 Å². The fourth-order valence-corrected chi connectivity index (χ4v) is 2.55. The first kappa shape index (κ1) is 14.8. The molecule has 3 atom stereocenters. The lowest BCUT2D eigenvalue weighted by Crippen LogP contribution is -2.35. The molecule has 108 valence electrons. The third kappa shape index (κ3) is 3.68. The van der Waals surface area contributed by atoms with Crippen LogP contribution in [0, 0.1) is 5.92 Å². The maximum Gasteiger partial charge on any atom is 0.186 e. The molecule has 0 aliphatic heterocycles. The van der Waals surface area contributed by atoms with Crippen molar-refractivity contribution in [1.82, 2.24) is 0 Å². The number of aromatic hydroxyl groups is 1. The van der Waals surface area contributed by atoms with E-state index in [1.165, 1.54) is 6.08 Å². The van der Waals surface area contributed by atoms with Gasteiger partial charge >= 0.3 is 0 Å². The summed E-state index contributed by atoms with van der Waals surface area (Å²) in [7, 11) is 0. The van der Waals surface area contributed by atoms with E-state index in [-0.39, 0.29) is 11.7 Å². The molecule has 1 aliphatic carbocycles. The van der Waals surface area contributed by atoms with E-state index in [1.54, 1.807) is 18.2 Å². The van der Waals surface area contributed by atoms with Crippen LogP contribution in [0.4, 0.5) is 0 Å². The zero-order valence-corrected chi connectivity index (χ0v) is 11.3. The van der Waals surface area contributed by atoms with E-state index in [2.05, 4.69) is 0 Å². The van der Waals surface area contributed by atoms with Crippen LogP contribution in [-0.4, -0.2) is 33.3 Å². The number of benzene rings is 1. The molecular weight excluding hydrogens is 256 g/mol.